The van der Waals surface area contributed by atoms with Gasteiger partial charge in [0.15, 0.2) is 5.78 Å². The predicted molar refractivity (Wildman–Crippen MR) is 63.8 cm³/mol. The number of hydrogen-bond acceptors (Lipinski definition) is 3. The van der Waals surface area contributed by atoms with Crippen molar-refractivity contribution in [1.29, 1.82) is 0 Å². The first-order chi connectivity index (χ1) is 8.27. The van der Waals surface area contributed by atoms with E-state index in [1.165, 1.54) is 6.07 Å². The zero-order valence-electron chi connectivity index (χ0n) is 10.2. The number of hydrogen-bond donors (Lipinski definition) is 1. The second kappa shape index (κ2) is 5.39. The van der Waals surface area contributed by atoms with E-state index in [0.717, 1.165) is 12.1 Å². The minimum Gasteiger partial charge on any atom is -0.377 e. The minimum absolute atomic E-state index is 0.0299. The molecule has 0 amide bonds. The van der Waals surface area contributed by atoms with Crippen LogP contribution in [0.1, 0.15) is 22.3 Å². The van der Waals surface area contributed by atoms with Crippen LogP contribution in [0.15, 0.2) is 18.2 Å². The molecule has 0 saturated carbocycles. The molecule has 6 heteroatoms. The van der Waals surface area contributed by atoms with Crippen LogP contribution >= 0.6 is 0 Å². The fourth-order valence-electron chi connectivity index (χ4n) is 1.59. The van der Waals surface area contributed by atoms with Gasteiger partial charge in [0.05, 0.1) is 5.56 Å². The van der Waals surface area contributed by atoms with Crippen LogP contribution in [0.4, 0.5) is 18.9 Å². The molecule has 0 heterocycles. The van der Waals surface area contributed by atoms with Crippen molar-refractivity contribution in [1.82, 2.24) is 0 Å². The molecule has 1 aromatic carbocycles. The van der Waals surface area contributed by atoms with E-state index in [-0.39, 0.29) is 24.3 Å². The molecule has 3 nitrogen and oxygen atoms in total. The van der Waals surface area contributed by atoms with Gasteiger partial charge in [-0.3, -0.25) is 4.79 Å². The Morgan fingerprint density at radius 1 is 1.33 bits per heavy atom. The van der Waals surface area contributed by atoms with Crippen LogP contribution in [0.3, 0.4) is 0 Å². The number of carbonyl (C=O) groups is 1. The third kappa shape index (κ3) is 3.22. The smallest absolute Gasteiger partial charge is 0.377 e. The lowest BCUT2D eigenvalue weighted by Gasteiger charge is -2.18. The lowest BCUT2D eigenvalue weighted by atomic mass is 10.0. The van der Waals surface area contributed by atoms with Gasteiger partial charge in [-0.15, -0.1) is 0 Å². The zero-order valence-corrected chi connectivity index (χ0v) is 10.2. The molecule has 0 saturated heterocycles. The highest BCUT2D eigenvalue weighted by atomic mass is 19.4. The molecule has 0 aromatic heterocycles. The number of rotatable bonds is 4. The molecule has 1 rings (SSSR count). The van der Waals surface area contributed by atoms with E-state index >= 15 is 0 Å². The Morgan fingerprint density at radius 2 is 1.94 bits per heavy atom. The van der Waals surface area contributed by atoms with Gasteiger partial charge in [0.25, 0.3) is 0 Å². The van der Waals surface area contributed by atoms with Crippen LogP contribution in [-0.2, 0) is 6.18 Å². The molecular weight excluding hydrogens is 245 g/mol. The summed E-state index contributed by atoms with van der Waals surface area (Å²) in [5, 5.41) is 0. The van der Waals surface area contributed by atoms with Gasteiger partial charge in [-0.05, 0) is 24.7 Å². The van der Waals surface area contributed by atoms with E-state index in [4.69, 9.17) is 5.73 Å². The minimum atomic E-state index is -4.46. The van der Waals surface area contributed by atoms with E-state index < -0.39 is 11.7 Å². The maximum absolute atomic E-state index is 12.6. The topological polar surface area (TPSA) is 46.3 Å². The molecule has 0 bridgehead atoms. The second-order valence-corrected chi connectivity index (χ2v) is 4.09. The number of Topliss-reactive ketones (excluding diaryl/α,β-unsaturated/α-hetero) is 1. The third-order valence-corrected chi connectivity index (χ3v) is 2.48. The fourth-order valence-corrected chi connectivity index (χ4v) is 1.59. The number of benzene rings is 1. The first-order valence-electron chi connectivity index (χ1n) is 5.39. The first-order valence-corrected chi connectivity index (χ1v) is 5.39. The number of ketones is 1. The van der Waals surface area contributed by atoms with Crippen LogP contribution < -0.4 is 10.6 Å². The summed E-state index contributed by atoms with van der Waals surface area (Å²) in [5.74, 6) is -0.382. The second-order valence-electron chi connectivity index (χ2n) is 4.09. The molecule has 1 aromatic rings. The van der Waals surface area contributed by atoms with Gasteiger partial charge >= 0.3 is 6.18 Å². The number of halogens is 3. The van der Waals surface area contributed by atoms with Crippen LogP contribution in [0.5, 0.6) is 0 Å². The van der Waals surface area contributed by atoms with Crippen molar-refractivity contribution in [3.63, 3.8) is 0 Å². The van der Waals surface area contributed by atoms with E-state index in [1.807, 2.05) is 0 Å². The van der Waals surface area contributed by atoms with E-state index in [2.05, 4.69) is 0 Å². The van der Waals surface area contributed by atoms with Crippen molar-refractivity contribution in [3.05, 3.63) is 29.3 Å². The highest BCUT2D eigenvalue weighted by Gasteiger charge is 2.31. The molecule has 0 aliphatic carbocycles. The van der Waals surface area contributed by atoms with Crippen molar-refractivity contribution < 1.29 is 18.0 Å². The first kappa shape index (κ1) is 14.5. The molecule has 0 atom stereocenters. The van der Waals surface area contributed by atoms with Gasteiger partial charge in [0, 0.05) is 31.8 Å². The zero-order chi connectivity index (χ0) is 13.9. The SMILES string of the molecule is CN(C)c1ccc(C(F)(F)F)cc1C(=O)CCN. The van der Waals surface area contributed by atoms with Gasteiger partial charge in [-0.25, -0.2) is 0 Å². The van der Waals surface area contributed by atoms with Crippen LogP contribution in [0.2, 0.25) is 0 Å². The van der Waals surface area contributed by atoms with Gasteiger partial charge in [0.1, 0.15) is 0 Å². The Labute approximate surface area is 103 Å². The maximum atomic E-state index is 12.6. The summed E-state index contributed by atoms with van der Waals surface area (Å²) in [7, 11) is 3.34. The quantitative estimate of drug-likeness (QED) is 0.845. The van der Waals surface area contributed by atoms with Gasteiger partial charge in [-0.1, -0.05) is 0 Å². The van der Waals surface area contributed by atoms with Crippen molar-refractivity contribution in [2.24, 2.45) is 5.73 Å². The van der Waals surface area contributed by atoms with E-state index in [9.17, 15) is 18.0 Å². The van der Waals surface area contributed by atoms with E-state index in [0.29, 0.717) is 5.69 Å². The summed E-state index contributed by atoms with van der Waals surface area (Å²) in [5.41, 5.74) is 4.95. The fraction of sp³-hybridized carbons (Fsp3) is 0.417. The van der Waals surface area contributed by atoms with Crippen LogP contribution in [0.25, 0.3) is 0 Å². The number of alkyl halides is 3. The van der Waals surface area contributed by atoms with Gasteiger partial charge in [0.2, 0.25) is 0 Å². The third-order valence-electron chi connectivity index (χ3n) is 2.48. The Morgan fingerprint density at radius 3 is 2.39 bits per heavy atom. The molecule has 0 spiro atoms. The average molecular weight is 260 g/mol. The Hall–Kier alpha value is -1.56. The normalized spacial score (nSPS) is 11.4. The molecule has 0 aliphatic heterocycles. The molecule has 0 fully saturated rings. The molecular formula is C12H15F3N2O. The number of anilines is 1. The average Bonchev–Trinajstić information content (AvgIpc) is 2.27. The summed E-state index contributed by atoms with van der Waals surface area (Å²) < 4.78 is 37.8. The summed E-state index contributed by atoms with van der Waals surface area (Å²) in [6.45, 7) is 0.113. The Kier molecular flexibility index (Phi) is 4.34. The van der Waals surface area contributed by atoms with Crippen LogP contribution in [-0.4, -0.2) is 26.4 Å². The summed E-state index contributed by atoms with van der Waals surface area (Å²) in [6.07, 6.45) is -4.43. The molecule has 0 radical (unpaired) electrons. The highest BCUT2D eigenvalue weighted by molar-refractivity contribution is 6.01. The number of nitrogens with zero attached hydrogens (tertiary/aromatic N) is 1. The molecule has 0 aliphatic rings. The largest absolute Gasteiger partial charge is 0.416 e. The highest BCUT2D eigenvalue weighted by Crippen LogP contribution is 2.32. The van der Waals surface area contributed by atoms with Crippen molar-refractivity contribution in [2.45, 2.75) is 12.6 Å². The summed E-state index contributed by atoms with van der Waals surface area (Å²) >= 11 is 0. The monoisotopic (exact) mass is 260 g/mol. The molecule has 2 N–H and O–H groups in total. The van der Waals surface area contributed by atoms with Gasteiger partial charge in [-0.2, -0.15) is 13.2 Å². The summed E-state index contributed by atoms with van der Waals surface area (Å²) in [4.78, 5) is 13.4. The molecule has 18 heavy (non-hydrogen) atoms. The standard InChI is InChI=1S/C12H15F3N2O/c1-17(2)10-4-3-8(12(13,14)15)7-9(10)11(18)5-6-16/h3-4,7H,5-6,16H2,1-2H3. The number of carbonyl (C=O) groups excluding carboxylic acids is 1. The van der Waals surface area contributed by atoms with Crippen LogP contribution in [0, 0.1) is 0 Å². The van der Waals surface area contributed by atoms with Crippen molar-refractivity contribution in [3.8, 4) is 0 Å². The number of nitrogens with two attached hydrogens (primary N) is 1. The van der Waals surface area contributed by atoms with Gasteiger partial charge < -0.3 is 10.6 Å². The van der Waals surface area contributed by atoms with Crippen molar-refractivity contribution >= 4 is 11.5 Å². The lowest BCUT2D eigenvalue weighted by Crippen LogP contribution is -2.17. The van der Waals surface area contributed by atoms with Crippen molar-refractivity contribution in [2.75, 3.05) is 25.5 Å². The molecule has 100 valence electrons. The predicted octanol–water partition coefficient (Wildman–Crippen LogP) is 2.30. The molecule has 0 unspecified atom stereocenters. The maximum Gasteiger partial charge on any atom is 0.416 e. The Balaban J connectivity index is 3.29. The summed E-state index contributed by atoms with van der Waals surface area (Å²) in [6, 6.07) is 3.15. The van der Waals surface area contributed by atoms with E-state index in [1.54, 1.807) is 19.0 Å². The lowest BCUT2D eigenvalue weighted by molar-refractivity contribution is -0.137. The Bertz CT molecular complexity index is 441.